The van der Waals surface area contributed by atoms with Crippen LogP contribution in [0.15, 0.2) is 24.3 Å². The molecular weight excluding hydrogens is 262 g/mol. The van der Waals surface area contributed by atoms with Crippen molar-refractivity contribution in [3.63, 3.8) is 0 Å². The van der Waals surface area contributed by atoms with Crippen LogP contribution < -0.4 is 0 Å². The van der Waals surface area contributed by atoms with Crippen LogP contribution >= 0.6 is 11.6 Å². The number of ether oxygens (including phenoxy) is 1. The van der Waals surface area contributed by atoms with E-state index in [4.69, 9.17) is 16.3 Å². The van der Waals surface area contributed by atoms with Gasteiger partial charge in [0.1, 0.15) is 6.04 Å². The standard InChI is InChI=1S/C15H20ClNO2/c1-2-19-15(18)14-9-5-6-10-17(14)11-12-7-3-4-8-13(12)16/h3-4,7-8,14H,2,5-6,9-11H2,1H3. The van der Waals surface area contributed by atoms with Crippen molar-refractivity contribution in [2.24, 2.45) is 0 Å². The summed E-state index contributed by atoms with van der Waals surface area (Å²) in [5.41, 5.74) is 1.07. The quantitative estimate of drug-likeness (QED) is 0.794. The highest BCUT2D eigenvalue weighted by molar-refractivity contribution is 6.31. The maximum absolute atomic E-state index is 12.0. The van der Waals surface area contributed by atoms with Crippen LogP contribution in [0.4, 0.5) is 0 Å². The molecule has 0 saturated carbocycles. The van der Waals surface area contributed by atoms with E-state index >= 15 is 0 Å². The molecule has 1 atom stereocenters. The van der Waals surface area contributed by atoms with Gasteiger partial charge in [-0.25, -0.2) is 0 Å². The average molecular weight is 282 g/mol. The summed E-state index contributed by atoms with van der Waals surface area (Å²) < 4.78 is 5.17. The highest BCUT2D eigenvalue weighted by Crippen LogP contribution is 2.23. The Balaban J connectivity index is 2.07. The van der Waals surface area contributed by atoms with Crippen molar-refractivity contribution in [2.75, 3.05) is 13.2 Å². The molecule has 0 N–H and O–H groups in total. The van der Waals surface area contributed by atoms with E-state index in [0.29, 0.717) is 13.2 Å². The summed E-state index contributed by atoms with van der Waals surface area (Å²) in [6.45, 7) is 3.92. The lowest BCUT2D eigenvalue weighted by Crippen LogP contribution is -2.45. The van der Waals surface area contributed by atoms with Gasteiger partial charge in [0.05, 0.1) is 6.61 Å². The number of benzene rings is 1. The largest absolute Gasteiger partial charge is 0.465 e. The lowest BCUT2D eigenvalue weighted by Gasteiger charge is -2.34. The minimum absolute atomic E-state index is 0.103. The van der Waals surface area contributed by atoms with Crippen molar-refractivity contribution in [3.8, 4) is 0 Å². The third-order valence-electron chi connectivity index (χ3n) is 3.50. The summed E-state index contributed by atoms with van der Waals surface area (Å²) in [6, 6.07) is 7.68. The Labute approximate surface area is 119 Å². The molecule has 4 heteroatoms. The molecule has 1 heterocycles. The number of hydrogen-bond donors (Lipinski definition) is 0. The van der Waals surface area contributed by atoms with Crippen molar-refractivity contribution in [1.82, 2.24) is 4.90 Å². The van der Waals surface area contributed by atoms with E-state index < -0.39 is 0 Å². The second-order valence-corrected chi connectivity index (χ2v) is 5.23. The fourth-order valence-corrected chi connectivity index (χ4v) is 2.73. The second kappa shape index (κ2) is 6.92. The van der Waals surface area contributed by atoms with Gasteiger partial charge in [-0.05, 0) is 37.9 Å². The number of rotatable bonds is 4. The Morgan fingerprint density at radius 2 is 2.21 bits per heavy atom. The number of nitrogens with zero attached hydrogens (tertiary/aromatic N) is 1. The van der Waals surface area contributed by atoms with Gasteiger partial charge in [-0.2, -0.15) is 0 Å². The second-order valence-electron chi connectivity index (χ2n) is 4.83. The van der Waals surface area contributed by atoms with Crippen molar-refractivity contribution in [2.45, 2.75) is 38.8 Å². The molecule has 0 aliphatic carbocycles. The highest BCUT2D eigenvalue weighted by atomic mass is 35.5. The van der Waals surface area contributed by atoms with Gasteiger partial charge in [0.15, 0.2) is 0 Å². The van der Waals surface area contributed by atoms with Crippen LogP contribution in [0.5, 0.6) is 0 Å². The molecule has 0 amide bonds. The molecule has 19 heavy (non-hydrogen) atoms. The van der Waals surface area contributed by atoms with Crippen molar-refractivity contribution < 1.29 is 9.53 Å². The maximum atomic E-state index is 12.0. The molecule has 104 valence electrons. The van der Waals surface area contributed by atoms with E-state index in [2.05, 4.69) is 4.90 Å². The number of halogens is 1. The monoisotopic (exact) mass is 281 g/mol. The summed E-state index contributed by atoms with van der Waals surface area (Å²) in [5, 5.41) is 0.760. The van der Waals surface area contributed by atoms with E-state index in [0.717, 1.165) is 36.4 Å². The molecule has 0 radical (unpaired) electrons. The predicted molar refractivity (Wildman–Crippen MR) is 76.1 cm³/mol. The topological polar surface area (TPSA) is 29.5 Å². The van der Waals surface area contributed by atoms with Crippen LogP contribution in [0.25, 0.3) is 0 Å². The van der Waals surface area contributed by atoms with Crippen molar-refractivity contribution in [3.05, 3.63) is 34.9 Å². The highest BCUT2D eigenvalue weighted by Gasteiger charge is 2.29. The smallest absolute Gasteiger partial charge is 0.323 e. The van der Waals surface area contributed by atoms with Crippen LogP contribution in [0, 0.1) is 0 Å². The third kappa shape index (κ3) is 3.71. The molecule has 2 rings (SSSR count). The Bertz CT molecular complexity index is 436. The molecule has 1 aliphatic rings. The first-order chi connectivity index (χ1) is 9.22. The van der Waals surface area contributed by atoms with Crippen LogP contribution in [0.3, 0.4) is 0 Å². The van der Waals surface area contributed by atoms with Crippen molar-refractivity contribution in [1.29, 1.82) is 0 Å². The van der Waals surface area contributed by atoms with Gasteiger partial charge >= 0.3 is 5.97 Å². The molecule has 0 aromatic heterocycles. The van der Waals surface area contributed by atoms with Crippen LogP contribution in [0.1, 0.15) is 31.7 Å². The number of piperidine rings is 1. The first-order valence-corrected chi connectivity index (χ1v) is 7.24. The Morgan fingerprint density at radius 1 is 1.42 bits per heavy atom. The van der Waals surface area contributed by atoms with Gasteiger partial charge in [0.25, 0.3) is 0 Å². The normalized spacial score (nSPS) is 20.2. The van der Waals surface area contributed by atoms with Gasteiger partial charge in [-0.15, -0.1) is 0 Å². The molecule has 1 aromatic rings. The van der Waals surface area contributed by atoms with Gasteiger partial charge in [0.2, 0.25) is 0 Å². The number of carbonyl (C=O) groups excluding carboxylic acids is 1. The first kappa shape index (κ1) is 14.4. The molecular formula is C15H20ClNO2. The number of esters is 1. The summed E-state index contributed by atoms with van der Waals surface area (Å²) >= 11 is 6.19. The van der Waals surface area contributed by atoms with E-state index in [9.17, 15) is 4.79 Å². The number of hydrogen-bond acceptors (Lipinski definition) is 3. The van der Waals surface area contributed by atoms with E-state index in [-0.39, 0.29) is 12.0 Å². The molecule has 0 bridgehead atoms. The maximum Gasteiger partial charge on any atom is 0.323 e. The Kier molecular flexibility index (Phi) is 5.23. The molecule has 1 aromatic carbocycles. The SMILES string of the molecule is CCOC(=O)C1CCCCN1Cc1ccccc1Cl. The number of carbonyl (C=O) groups is 1. The fourth-order valence-electron chi connectivity index (χ4n) is 2.53. The summed E-state index contributed by atoms with van der Waals surface area (Å²) in [6.07, 6.45) is 3.09. The Morgan fingerprint density at radius 3 is 2.95 bits per heavy atom. The van der Waals surface area contributed by atoms with E-state index in [1.165, 1.54) is 0 Å². The minimum Gasteiger partial charge on any atom is -0.465 e. The average Bonchev–Trinajstić information content (AvgIpc) is 2.42. The predicted octanol–water partition coefficient (Wildman–Crippen LogP) is 3.26. The Hall–Kier alpha value is -1.06. The van der Waals surface area contributed by atoms with Gasteiger partial charge < -0.3 is 4.74 Å². The van der Waals surface area contributed by atoms with Gasteiger partial charge in [0, 0.05) is 11.6 Å². The van der Waals surface area contributed by atoms with Crippen LogP contribution in [0.2, 0.25) is 5.02 Å². The molecule has 1 saturated heterocycles. The minimum atomic E-state index is -0.120. The first-order valence-electron chi connectivity index (χ1n) is 6.86. The lowest BCUT2D eigenvalue weighted by molar-refractivity contribution is -0.151. The summed E-state index contributed by atoms with van der Waals surface area (Å²) in [5.74, 6) is -0.103. The molecule has 0 spiro atoms. The van der Waals surface area contributed by atoms with Gasteiger partial charge in [-0.3, -0.25) is 9.69 Å². The summed E-state index contributed by atoms with van der Waals surface area (Å²) in [7, 11) is 0. The third-order valence-corrected chi connectivity index (χ3v) is 3.87. The lowest BCUT2D eigenvalue weighted by atomic mass is 10.0. The molecule has 1 aliphatic heterocycles. The van der Waals surface area contributed by atoms with E-state index in [1.807, 2.05) is 31.2 Å². The number of likely N-dealkylation sites (tertiary alicyclic amines) is 1. The zero-order chi connectivity index (χ0) is 13.7. The molecule has 1 unspecified atom stereocenters. The molecule has 3 nitrogen and oxygen atoms in total. The van der Waals surface area contributed by atoms with Crippen molar-refractivity contribution >= 4 is 17.6 Å². The molecule has 1 fully saturated rings. The zero-order valence-corrected chi connectivity index (χ0v) is 12.0. The zero-order valence-electron chi connectivity index (χ0n) is 11.3. The summed E-state index contributed by atoms with van der Waals surface area (Å²) in [4.78, 5) is 14.2. The fraction of sp³-hybridized carbons (Fsp3) is 0.533. The van der Waals surface area contributed by atoms with Gasteiger partial charge in [-0.1, -0.05) is 36.2 Å². The van der Waals surface area contributed by atoms with Crippen LogP contribution in [-0.2, 0) is 16.1 Å². The van der Waals surface area contributed by atoms with Crippen LogP contribution in [-0.4, -0.2) is 30.1 Å². The van der Waals surface area contributed by atoms with E-state index in [1.54, 1.807) is 0 Å².